The largest absolute Gasteiger partial charge is 0.335 e. The lowest BCUT2D eigenvalue weighted by Gasteiger charge is -2.24. The van der Waals surface area contributed by atoms with Gasteiger partial charge >= 0.3 is 22.3 Å². The molecule has 1 saturated heterocycles. The Morgan fingerprint density at radius 3 is 1.93 bits per heavy atom. The third-order valence-electron chi connectivity index (χ3n) is 10.9. The topological polar surface area (TPSA) is 236 Å². The summed E-state index contributed by atoms with van der Waals surface area (Å²) < 4.78 is 63.8. The normalized spacial score (nSPS) is 18.8. The summed E-state index contributed by atoms with van der Waals surface area (Å²) in [7, 11) is -5.15. The fourth-order valence-corrected chi connectivity index (χ4v) is 9.60. The maximum atomic E-state index is 13.4. The maximum Gasteiger partial charge on any atom is 0.335 e. The molecule has 20 nitrogen and oxygen atoms in total. The number of anilines is 2. The SMILES string of the molecule is Cc1nc(C(C)C)c(NC(=O)NS(=O)(=O)c2ccn(C3CC3CC(C)c3nc(C)n(-c4ccncc4)c3NC(=O)NS(=O)(=O)N(C)C3CCN(C)C3)n2)n1-c1ccncc1. The third-order valence-corrected chi connectivity index (χ3v) is 13.6. The van der Waals surface area contributed by atoms with Gasteiger partial charge in [-0.25, -0.2) is 29.0 Å². The number of urea groups is 2. The van der Waals surface area contributed by atoms with Crippen LogP contribution >= 0.6 is 0 Å². The molecule has 4 unspecified atom stereocenters. The van der Waals surface area contributed by atoms with Crippen molar-refractivity contribution in [1.29, 1.82) is 0 Å². The van der Waals surface area contributed by atoms with Crippen LogP contribution in [0.3, 0.4) is 0 Å². The summed E-state index contributed by atoms with van der Waals surface area (Å²) in [5.41, 5.74) is 2.51. The summed E-state index contributed by atoms with van der Waals surface area (Å²) in [6, 6.07) is 6.08. The molecule has 60 heavy (non-hydrogen) atoms. The minimum atomic E-state index is -4.37. The fraction of sp³-hybridized carbons (Fsp3) is 0.447. The highest BCUT2D eigenvalue weighted by Gasteiger charge is 2.42. The number of nitrogens with zero attached hydrogens (tertiary/aromatic N) is 10. The number of carbonyl (C=O) groups is 2. The Morgan fingerprint density at radius 1 is 0.833 bits per heavy atom. The third kappa shape index (κ3) is 8.90. The first-order chi connectivity index (χ1) is 28.4. The molecule has 5 aromatic heterocycles. The van der Waals surface area contributed by atoms with Crippen molar-refractivity contribution in [2.75, 3.05) is 37.8 Å². The molecule has 4 atom stereocenters. The number of amides is 4. The predicted octanol–water partition coefficient (Wildman–Crippen LogP) is 4.05. The summed E-state index contributed by atoms with van der Waals surface area (Å²) in [6.07, 6.45) is 9.95. The molecule has 5 aromatic rings. The molecule has 7 rings (SSSR count). The molecule has 1 aliphatic carbocycles. The van der Waals surface area contributed by atoms with E-state index in [4.69, 9.17) is 4.98 Å². The Bertz CT molecular complexity index is 2590. The van der Waals surface area contributed by atoms with Crippen LogP contribution in [0.2, 0.25) is 0 Å². The Labute approximate surface area is 349 Å². The van der Waals surface area contributed by atoms with Crippen LogP contribution in [0, 0.1) is 19.8 Å². The first-order valence-electron chi connectivity index (χ1n) is 19.6. The minimum absolute atomic E-state index is 0.0736. The number of aromatic nitrogens is 8. The zero-order valence-electron chi connectivity index (χ0n) is 34.4. The highest BCUT2D eigenvalue weighted by Crippen LogP contribution is 2.49. The molecule has 1 saturated carbocycles. The predicted molar refractivity (Wildman–Crippen MR) is 223 cm³/mol. The van der Waals surface area contributed by atoms with E-state index in [-0.39, 0.29) is 34.9 Å². The summed E-state index contributed by atoms with van der Waals surface area (Å²) in [4.78, 5) is 46.3. The summed E-state index contributed by atoms with van der Waals surface area (Å²) in [5.74, 6) is 1.59. The van der Waals surface area contributed by atoms with E-state index in [1.807, 2.05) is 32.7 Å². The number of hydrogen-bond donors (Lipinski definition) is 4. The van der Waals surface area contributed by atoms with Crippen molar-refractivity contribution >= 4 is 43.9 Å². The lowest BCUT2D eigenvalue weighted by molar-refractivity contribution is 0.254. The molecule has 0 radical (unpaired) electrons. The summed E-state index contributed by atoms with van der Waals surface area (Å²) in [6.45, 7) is 10.7. The van der Waals surface area contributed by atoms with Crippen molar-refractivity contribution < 1.29 is 26.4 Å². The molecule has 1 aliphatic heterocycles. The van der Waals surface area contributed by atoms with Crippen LogP contribution < -0.4 is 20.1 Å². The quantitative estimate of drug-likeness (QED) is 0.124. The van der Waals surface area contributed by atoms with Crippen LogP contribution in [0.25, 0.3) is 11.4 Å². The number of rotatable bonds is 14. The van der Waals surface area contributed by atoms with Crippen LogP contribution in [-0.2, 0) is 20.2 Å². The number of aryl methyl sites for hydroxylation is 2. The minimum Gasteiger partial charge on any atom is -0.305 e. The standard InChI is InChI=1S/C38H50N14O6S2/c1-23(2)33-35(51(25(4)41-33)28-8-14-39-15-9-28)43-37(53)46-59(55,56)32-13-19-50(45-32)31-21-27(31)20-24(3)34-36(52(26(5)42-34)29-10-16-40-17-11-29)44-38(54)47-60(57,58)49(7)30-12-18-48(6)22-30/h8-11,13-17,19,23-24,27,30-31H,12,18,20-22H2,1-7H3,(H2,43,46,53)(H2,44,47,54). The number of likely N-dealkylation sites (N-methyl/N-ethyl adjacent to an activating group) is 2. The van der Waals surface area contributed by atoms with Gasteiger partial charge in [-0.2, -0.15) is 26.2 Å². The highest BCUT2D eigenvalue weighted by atomic mass is 32.2. The number of sulfonamides is 1. The van der Waals surface area contributed by atoms with E-state index >= 15 is 0 Å². The van der Waals surface area contributed by atoms with Gasteiger partial charge in [0, 0.05) is 56.5 Å². The lowest BCUT2D eigenvalue weighted by atomic mass is 10.0. The second-order valence-electron chi connectivity index (χ2n) is 15.7. The van der Waals surface area contributed by atoms with E-state index in [0.29, 0.717) is 71.9 Å². The molecule has 2 fully saturated rings. The number of pyridine rings is 2. The monoisotopic (exact) mass is 862 g/mol. The van der Waals surface area contributed by atoms with Crippen molar-refractivity contribution in [3.63, 3.8) is 0 Å². The van der Waals surface area contributed by atoms with Gasteiger partial charge in [0.05, 0.1) is 28.8 Å². The second-order valence-corrected chi connectivity index (χ2v) is 19.1. The van der Waals surface area contributed by atoms with Crippen LogP contribution in [0.5, 0.6) is 0 Å². The molecular formula is C38H50N14O6S2. The first-order valence-corrected chi connectivity index (χ1v) is 22.5. The van der Waals surface area contributed by atoms with Crippen LogP contribution in [-0.4, -0.2) is 110 Å². The molecule has 0 aromatic carbocycles. The van der Waals surface area contributed by atoms with E-state index in [1.165, 1.54) is 17.4 Å². The summed E-state index contributed by atoms with van der Waals surface area (Å²) in [5, 5.41) is 9.51. The Balaban J connectivity index is 1.03. The van der Waals surface area contributed by atoms with Gasteiger partial charge in [-0.1, -0.05) is 20.8 Å². The molecule has 22 heteroatoms. The molecular weight excluding hydrogens is 813 g/mol. The van der Waals surface area contributed by atoms with E-state index in [9.17, 15) is 26.4 Å². The molecule has 4 N–H and O–H groups in total. The number of nitrogens with one attached hydrogen (secondary N) is 4. The van der Waals surface area contributed by atoms with Crippen molar-refractivity contribution in [3.8, 4) is 11.4 Å². The fourth-order valence-electron chi connectivity index (χ4n) is 7.77. The van der Waals surface area contributed by atoms with Gasteiger partial charge in [0.25, 0.3) is 10.0 Å². The van der Waals surface area contributed by atoms with Crippen LogP contribution in [0.4, 0.5) is 21.2 Å². The van der Waals surface area contributed by atoms with E-state index in [1.54, 1.807) is 82.9 Å². The molecule has 0 spiro atoms. The second kappa shape index (κ2) is 16.7. The highest BCUT2D eigenvalue weighted by molar-refractivity contribution is 7.90. The van der Waals surface area contributed by atoms with Crippen molar-refractivity contribution in [2.24, 2.45) is 5.92 Å². The molecule has 2 aliphatic rings. The average Bonchev–Trinajstić information content (AvgIpc) is 3.57. The van der Waals surface area contributed by atoms with Crippen molar-refractivity contribution in [1.82, 2.24) is 57.5 Å². The maximum absolute atomic E-state index is 13.4. The van der Waals surface area contributed by atoms with Crippen LogP contribution in [0.15, 0.2) is 66.3 Å². The van der Waals surface area contributed by atoms with Gasteiger partial charge in [-0.15, -0.1) is 0 Å². The van der Waals surface area contributed by atoms with Gasteiger partial charge in [-0.3, -0.25) is 34.4 Å². The van der Waals surface area contributed by atoms with Gasteiger partial charge in [0.1, 0.15) is 23.3 Å². The number of hydrogen-bond acceptors (Lipinski definition) is 12. The van der Waals surface area contributed by atoms with E-state index < -0.39 is 32.3 Å². The number of likely N-dealkylation sites (tertiary alicyclic amines) is 1. The zero-order chi connectivity index (χ0) is 43.1. The van der Waals surface area contributed by atoms with Gasteiger partial charge < -0.3 is 4.90 Å². The van der Waals surface area contributed by atoms with Gasteiger partial charge in [0.2, 0.25) is 0 Å². The summed E-state index contributed by atoms with van der Waals surface area (Å²) >= 11 is 0. The first kappa shape index (κ1) is 42.4. The van der Waals surface area contributed by atoms with Gasteiger partial charge in [0.15, 0.2) is 5.03 Å². The average molecular weight is 863 g/mol. The van der Waals surface area contributed by atoms with E-state index in [2.05, 4.69) is 40.1 Å². The molecule has 6 heterocycles. The number of imidazole rings is 2. The van der Waals surface area contributed by atoms with Crippen molar-refractivity contribution in [3.05, 3.63) is 84.4 Å². The van der Waals surface area contributed by atoms with Gasteiger partial charge in [-0.05, 0) is 88.9 Å². The van der Waals surface area contributed by atoms with Crippen LogP contribution in [0.1, 0.15) is 80.9 Å². The Kier molecular flexibility index (Phi) is 11.8. The molecule has 0 bridgehead atoms. The number of carbonyl (C=O) groups excluding carboxylic acids is 2. The van der Waals surface area contributed by atoms with Crippen molar-refractivity contribution in [2.45, 2.75) is 82.8 Å². The lowest BCUT2D eigenvalue weighted by Crippen LogP contribution is -2.48. The molecule has 320 valence electrons. The smallest absolute Gasteiger partial charge is 0.305 e. The van der Waals surface area contributed by atoms with E-state index in [0.717, 1.165) is 6.54 Å². The zero-order valence-corrected chi connectivity index (χ0v) is 36.1. The molecule has 4 amide bonds. The Morgan fingerprint density at radius 2 is 1.38 bits per heavy atom. The Hall–Kier alpha value is -5.71.